The second kappa shape index (κ2) is 9.01. The Morgan fingerprint density at radius 3 is 2.55 bits per heavy atom. The van der Waals surface area contributed by atoms with Gasteiger partial charge in [0.25, 0.3) is 5.56 Å². The van der Waals surface area contributed by atoms with Gasteiger partial charge >= 0.3 is 5.97 Å². The first-order valence-corrected chi connectivity index (χ1v) is 9.11. The minimum Gasteiger partial charge on any atom is -0.497 e. The maximum absolute atomic E-state index is 12.4. The smallest absolute Gasteiger partial charge is 0.338 e. The molecular formula is C21H22N4O4. The summed E-state index contributed by atoms with van der Waals surface area (Å²) in [5, 5.41) is 11.0. The van der Waals surface area contributed by atoms with Crippen molar-refractivity contribution in [2.75, 3.05) is 12.4 Å². The first-order chi connectivity index (χ1) is 13.9. The Kier molecular flexibility index (Phi) is 6.23. The quantitative estimate of drug-likeness (QED) is 0.593. The zero-order valence-electron chi connectivity index (χ0n) is 16.4. The fourth-order valence-corrected chi connectivity index (χ4v) is 2.61. The Labute approximate surface area is 167 Å². The first kappa shape index (κ1) is 20.1. The molecule has 2 N–H and O–H groups in total. The topological polar surface area (TPSA) is 106 Å². The van der Waals surface area contributed by atoms with Crippen molar-refractivity contribution in [1.82, 2.24) is 15.2 Å². The third kappa shape index (κ3) is 5.41. The van der Waals surface area contributed by atoms with Crippen LogP contribution in [-0.4, -0.2) is 34.4 Å². The molecule has 0 saturated carbocycles. The van der Waals surface area contributed by atoms with Gasteiger partial charge in [-0.3, -0.25) is 9.78 Å². The summed E-state index contributed by atoms with van der Waals surface area (Å²) in [4.78, 5) is 27.1. The number of benzene rings is 2. The maximum atomic E-state index is 12.4. The summed E-state index contributed by atoms with van der Waals surface area (Å²) in [5.41, 5.74) is 1.86. The number of anilines is 2. The molecule has 0 unspecified atom stereocenters. The van der Waals surface area contributed by atoms with Crippen molar-refractivity contribution in [1.29, 1.82) is 0 Å². The average molecular weight is 394 g/mol. The van der Waals surface area contributed by atoms with Gasteiger partial charge < -0.3 is 14.8 Å². The van der Waals surface area contributed by atoms with E-state index < -0.39 is 5.97 Å². The number of carbonyl (C=O) groups is 1. The summed E-state index contributed by atoms with van der Waals surface area (Å²) in [7, 11) is 1.60. The molecule has 0 aliphatic rings. The summed E-state index contributed by atoms with van der Waals surface area (Å²) in [6.07, 6.45) is 0.142. The number of methoxy groups -OCH3 is 1. The van der Waals surface area contributed by atoms with Gasteiger partial charge in [-0.05, 0) is 49.7 Å². The highest BCUT2D eigenvalue weighted by Crippen LogP contribution is 2.16. The molecule has 0 atom stereocenters. The van der Waals surface area contributed by atoms with Crippen molar-refractivity contribution in [3.8, 4) is 5.75 Å². The number of nitrogens with one attached hydrogen (secondary N) is 2. The zero-order chi connectivity index (χ0) is 20.8. The molecule has 0 bridgehead atoms. The number of hydrogen-bond donors (Lipinski definition) is 2. The molecule has 150 valence electrons. The van der Waals surface area contributed by atoms with E-state index in [4.69, 9.17) is 9.47 Å². The van der Waals surface area contributed by atoms with Crippen LogP contribution in [-0.2, 0) is 11.2 Å². The Morgan fingerprint density at radius 2 is 1.90 bits per heavy atom. The number of aromatic nitrogens is 3. The lowest BCUT2D eigenvalue weighted by Gasteiger charge is -2.10. The molecular weight excluding hydrogens is 372 g/mol. The summed E-state index contributed by atoms with van der Waals surface area (Å²) < 4.78 is 10.3. The van der Waals surface area contributed by atoms with E-state index in [9.17, 15) is 9.59 Å². The lowest BCUT2D eigenvalue weighted by Crippen LogP contribution is -2.19. The van der Waals surface area contributed by atoms with Crippen LogP contribution in [0, 0.1) is 0 Å². The predicted octanol–water partition coefficient (Wildman–Crippen LogP) is 3.07. The van der Waals surface area contributed by atoms with E-state index in [1.165, 1.54) is 0 Å². The molecule has 0 amide bonds. The lowest BCUT2D eigenvalue weighted by atomic mass is 10.1. The van der Waals surface area contributed by atoms with E-state index in [0.717, 1.165) is 11.3 Å². The van der Waals surface area contributed by atoms with E-state index >= 15 is 0 Å². The van der Waals surface area contributed by atoms with Gasteiger partial charge in [0.1, 0.15) is 11.4 Å². The Morgan fingerprint density at radius 1 is 1.14 bits per heavy atom. The van der Waals surface area contributed by atoms with Crippen molar-refractivity contribution in [2.45, 2.75) is 26.4 Å². The fraction of sp³-hybridized carbons (Fsp3) is 0.238. The first-order valence-electron chi connectivity index (χ1n) is 9.11. The van der Waals surface area contributed by atoms with E-state index in [1.54, 1.807) is 45.2 Å². The molecule has 0 spiro atoms. The monoisotopic (exact) mass is 394 g/mol. The van der Waals surface area contributed by atoms with Crippen LogP contribution in [0.15, 0.2) is 53.3 Å². The minimum absolute atomic E-state index is 0.183. The van der Waals surface area contributed by atoms with Crippen LogP contribution in [0.5, 0.6) is 5.75 Å². The van der Waals surface area contributed by atoms with Gasteiger partial charge in [-0.15, -0.1) is 10.2 Å². The van der Waals surface area contributed by atoms with Gasteiger partial charge in [0.05, 0.1) is 18.8 Å². The summed E-state index contributed by atoms with van der Waals surface area (Å²) in [6, 6.07) is 14.1. The molecule has 1 aromatic heterocycles. The molecule has 1 heterocycles. The molecule has 8 heteroatoms. The molecule has 0 fully saturated rings. The highest BCUT2D eigenvalue weighted by Gasteiger charge is 2.11. The van der Waals surface area contributed by atoms with Gasteiger partial charge in [-0.2, -0.15) is 0 Å². The minimum atomic E-state index is -0.418. The van der Waals surface area contributed by atoms with Crippen LogP contribution in [0.3, 0.4) is 0 Å². The molecule has 0 aliphatic carbocycles. The Hall–Kier alpha value is -3.68. The second-order valence-electron chi connectivity index (χ2n) is 6.63. The normalized spacial score (nSPS) is 10.6. The third-order valence-electron chi connectivity index (χ3n) is 4.00. The highest BCUT2D eigenvalue weighted by atomic mass is 16.5. The maximum Gasteiger partial charge on any atom is 0.338 e. The standard InChI is InChI=1S/C21H22N4O4/c1-13(2)29-20(27)15-5-4-6-16(12-15)22-21-23-19(26)18(24-25-21)11-14-7-9-17(28-3)10-8-14/h4-10,12-13H,11H2,1-3H3,(H2,22,23,25,26). The molecule has 3 rings (SSSR count). The van der Waals surface area contributed by atoms with Gasteiger partial charge in [-0.25, -0.2) is 4.79 Å². The van der Waals surface area contributed by atoms with E-state index in [1.807, 2.05) is 24.3 Å². The number of nitrogens with zero attached hydrogens (tertiary/aromatic N) is 2. The number of ether oxygens (including phenoxy) is 2. The summed E-state index contributed by atoms with van der Waals surface area (Å²) in [5.74, 6) is 0.508. The van der Waals surface area contributed by atoms with Crippen LogP contribution in [0.1, 0.15) is 35.5 Å². The van der Waals surface area contributed by atoms with Crippen molar-refractivity contribution in [3.63, 3.8) is 0 Å². The van der Waals surface area contributed by atoms with Gasteiger partial charge in [0.15, 0.2) is 0 Å². The molecule has 0 saturated heterocycles. The van der Waals surface area contributed by atoms with Crippen LogP contribution in [0.25, 0.3) is 0 Å². The third-order valence-corrected chi connectivity index (χ3v) is 4.00. The number of carbonyl (C=O) groups excluding carboxylic acids is 1. The molecule has 0 radical (unpaired) electrons. The SMILES string of the molecule is COc1ccc(Cc2nnc(Nc3cccc(C(=O)OC(C)C)c3)[nH]c2=O)cc1. The number of hydrogen-bond acceptors (Lipinski definition) is 7. The fourth-order valence-electron chi connectivity index (χ4n) is 2.61. The number of rotatable bonds is 7. The number of esters is 1. The molecule has 8 nitrogen and oxygen atoms in total. The molecule has 0 aliphatic heterocycles. The lowest BCUT2D eigenvalue weighted by molar-refractivity contribution is 0.0378. The Bertz CT molecular complexity index is 1050. The average Bonchev–Trinajstić information content (AvgIpc) is 2.70. The van der Waals surface area contributed by atoms with E-state index in [-0.39, 0.29) is 17.6 Å². The van der Waals surface area contributed by atoms with E-state index in [2.05, 4.69) is 20.5 Å². The van der Waals surface area contributed by atoms with Gasteiger partial charge in [0.2, 0.25) is 5.95 Å². The van der Waals surface area contributed by atoms with Crippen molar-refractivity contribution < 1.29 is 14.3 Å². The second-order valence-corrected chi connectivity index (χ2v) is 6.63. The Balaban J connectivity index is 1.72. The molecule has 3 aromatic rings. The molecule has 2 aromatic carbocycles. The predicted molar refractivity (Wildman–Crippen MR) is 109 cm³/mol. The van der Waals surface area contributed by atoms with Crippen LogP contribution in [0.2, 0.25) is 0 Å². The number of aromatic amines is 1. The van der Waals surface area contributed by atoms with Crippen molar-refractivity contribution >= 4 is 17.6 Å². The number of H-pyrrole nitrogens is 1. The van der Waals surface area contributed by atoms with Gasteiger partial charge in [0, 0.05) is 12.1 Å². The van der Waals surface area contributed by atoms with Crippen LogP contribution >= 0.6 is 0 Å². The van der Waals surface area contributed by atoms with E-state index in [0.29, 0.717) is 23.4 Å². The van der Waals surface area contributed by atoms with Crippen molar-refractivity contribution in [2.24, 2.45) is 0 Å². The summed E-state index contributed by atoms with van der Waals surface area (Å²) >= 11 is 0. The van der Waals surface area contributed by atoms with Gasteiger partial charge in [-0.1, -0.05) is 18.2 Å². The highest BCUT2D eigenvalue weighted by molar-refractivity contribution is 5.90. The van der Waals surface area contributed by atoms with Crippen molar-refractivity contribution in [3.05, 3.63) is 75.7 Å². The van der Waals surface area contributed by atoms with Crippen LogP contribution < -0.4 is 15.6 Å². The largest absolute Gasteiger partial charge is 0.497 e. The summed E-state index contributed by atoms with van der Waals surface area (Å²) in [6.45, 7) is 3.57. The zero-order valence-corrected chi connectivity index (χ0v) is 16.4. The van der Waals surface area contributed by atoms with Crippen LogP contribution in [0.4, 0.5) is 11.6 Å². The molecule has 29 heavy (non-hydrogen) atoms.